The molecule has 168 valence electrons. The minimum absolute atomic E-state index is 0.232. The number of amides is 2. The van der Waals surface area contributed by atoms with Gasteiger partial charge in [-0.15, -0.1) is 0 Å². The van der Waals surface area contributed by atoms with Crippen molar-refractivity contribution in [3.63, 3.8) is 0 Å². The topological polar surface area (TPSA) is 47.1 Å². The van der Waals surface area contributed by atoms with Crippen LogP contribution in [0.25, 0.3) is 0 Å². The van der Waals surface area contributed by atoms with Crippen LogP contribution in [0.4, 0.5) is 0 Å². The molecule has 0 aromatic carbocycles. The lowest BCUT2D eigenvalue weighted by molar-refractivity contribution is -0.131. The van der Waals surface area contributed by atoms with E-state index in [1.807, 2.05) is 23.9 Å². The van der Waals surface area contributed by atoms with E-state index < -0.39 is 0 Å². The lowest BCUT2D eigenvalue weighted by Gasteiger charge is -2.30. The Morgan fingerprint density at radius 1 is 0.793 bits per heavy atom. The summed E-state index contributed by atoms with van der Waals surface area (Å²) in [6.07, 6.45) is 6.73. The summed E-state index contributed by atoms with van der Waals surface area (Å²) >= 11 is 0. The number of likely N-dealkylation sites (tertiary alicyclic amines) is 2. The maximum absolute atomic E-state index is 12.6. The molecule has 6 heteroatoms. The zero-order valence-corrected chi connectivity index (χ0v) is 19.7. The number of hydrogen-bond donors (Lipinski definition) is 0. The van der Waals surface area contributed by atoms with Crippen LogP contribution in [0, 0.1) is 0 Å². The first-order valence-corrected chi connectivity index (χ1v) is 11.7. The van der Waals surface area contributed by atoms with Crippen LogP contribution in [-0.4, -0.2) is 95.9 Å². The average molecular weight is 409 g/mol. The van der Waals surface area contributed by atoms with Gasteiger partial charge < -0.3 is 9.80 Å². The van der Waals surface area contributed by atoms with Crippen LogP contribution in [0.5, 0.6) is 0 Å². The number of carbonyl (C=O) groups is 2. The first-order chi connectivity index (χ1) is 13.7. The number of carbonyl (C=O) groups excluding carboxylic acids is 2. The van der Waals surface area contributed by atoms with Crippen molar-refractivity contribution < 1.29 is 9.59 Å². The summed E-state index contributed by atoms with van der Waals surface area (Å²) in [5.41, 5.74) is 0. The van der Waals surface area contributed by atoms with Crippen LogP contribution in [0.15, 0.2) is 0 Å². The van der Waals surface area contributed by atoms with Crippen molar-refractivity contribution >= 4 is 11.8 Å². The third kappa shape index (κ3) is 6.95. The van der Waals surface area contributed by atoms with Crippen LogP contribution >= 0.6 is 0 Å². The van der Waals surface area contributed by atoms with E-state index in [-0.39, 0.29) is 11.8 Å². The van der Waals surface area contributed by atoms with Crippen molar-refractivity contribution in [3.05, 3.63) is 0 Å². The Morgan fingerprint density at radius 2 is 1.17 bits per heavy atom. The van der Waals surface area contributed by atoms with E-state index in [1.165, 1.54) is 12.8 Å². The molecule has 2 fully saturated rings. The van der Waals surface area contributed by atoms with E-state index in [0.717, 1.165) is 32.4 Å². The Kier molecular flexibility index (Phi) is 9.41. The highest BCUT2D eigenvalue weighted by Gasteiger charge is 2.30. The minimum Gasteiger partial charge on any atom is -0.346 e. The van der Waals surface area contributed by atoms with Gasteiger partial charge in [-0.05, 0) is 72.9 Å². The van der Waals surface area contributed by atoms with Crippen molar-refractivity contribution in [2.45, 2.75) is 96.8 Å². The van der Waals surface area contributed by atoms with Gasteiger partial charge in [-0.2, -0.15) is 0 Å². The lowest BCUT2D eigenvalue weighted by Crippen LogP contribution is -2.41. The van der Waals surface area contributed by atoms with Gasteiger partial charge in [0.25, 0.3) is 0 Å². The van der Waals surface area contributed by atoms with E-state index in [4.69, 9.17) is 0 Å². The molecular weight excluding hydrogens is 364 g/mol. The van der Waals surface area contributed by atoms with Gasteiger partial charge in [0, 0.05) is 64.2 Å². The van der Waals surface area contributed by atoms with Gasteiger partial charge in [-0.25, -0.2) is 0 Å². The Balaban J connectivity index is 1.68. The molecule has 0 aliphatic carbocycles. The van der Waals surface area contributed by atoms with E-state index in [0.29, 0.717) is 50.1 Å². The van der Waals surface area contributed by atoms with Gasteiger partial charge >= 0.3 is 0 Å². The summed E-state index contributed by atoms with van der Waals surface area (Å²) < 4.78 is 0. The molecule has 0 aromatic rings. The molecule has 0 saturated carbocycles. The summed E-state index contributed by atoms with van der Waals surface area (Å²) in [6, 6.07) is 1.80. The maximum atomic E-state index is 12.6. The van der Waals surface area contributed by atoms with Gasteiger partial charge in [0.15, 0.2) is 0 Å². The molecule has 0 spiro atoms. The van der Waals surface area contributed by atoms with Gasteiger partial charge in [-0.1, -0.05) is 0 Å². The molecular formula is C23H44N4O2. The van der Waals surface area contributed by atoms with Crippen LogP contribution in [0.1, 0.15) is 72.6 Å². The van der Waals surface area contributed by atoms with Crippen LogP contribution in [0.3, 0.4) is 0 Å². The predicted octanol–water partition coefficient (Wildman–Crippen LogP) is 2.82. The second-order valence-electron chi connectivity index (χ2n) is 9.65. The molecule has 2 atom stereocenters. The van der Waals surface area contributed by atoms with Crippen molar-refractivity contribution in [2.24, 2.45) is 0 Å². The molecule has 0 bridgehead atoms. The van der Waals surface area contributed by atoms with E-state index in [1.54, 1.807) is 0 Å². The Hall–Kier alpha value is -1.14. The SMILES string of the molecule is CC(C)N1CCCC1CC(=O)N(C)CCCN(C)C(=O)CC1CCCN1C(C)C. The van der Waals surface area contributed by atoms with E-state index in [9.17, 15) is 9.59 Å². The van der Waals surface area contributed by atoms with Crippen molar-refractivity contribution in [3.8, 4) is 0 Å². The molecule has 29 heavy (non-hydrogen) atoms. The van der Waals surface area contributed by atoms with Gasteiger partial charge in [-0.3, -0.25) is 19.4 Å². The fourth-order valence-corrected chi connectivity index (χ4v) is 5.02. The van der Waals surface area contributed by atoms with Crippen LogP contribution < -0.4 is 0 Å². The minimum atomic E-state index is 0.232. The zero-order valence-electron chi connectivity index (χ0n) is 19.7. The Bertz CT molecular complexity index is 491. The molecule has 2 aliphatic rings. The Labute approximate surface area is 178 Å². The van der Waals surface area contributed by atoms with Crippen molar-refractivity contribution in [2.75, 3.05) is 40.3 Å². The summed E-state index contributed by atoms with van der Waals surface area (Å²) in [7, 11) is 3.80. The third-order valence-electron chi connectivity index (χ3n) is 6.83. The Morgan fingerprint density at radius 3 is 1.52 bits per heavy atom. The molecule has 6 nitrogen and oxygen atoms in total. The molecule has 0 radical (unpaired) electrons. The average Bonchev–Trinajstić information content (AvgIpc) is 3.30. The molecule has 2 aliphatic heterocycles. The van der Waals surface area contributed by atoms with Gasteiger partial charge in [0.2, 0.25) is 11.8 Å². The quantitative estimate of drug-likeness (QED) is 0.558. The summed E-state index contributed by atoms with van der Waals surface area (Å²) in [5.74, 6) is 0.463. The second kappa shape index (κ2) is 11.3. The molecule has 2 unspecified atom stereocenters. The lowest BCUT2D eigenvalue weighted by atomic mass is 10.1. The first kappa shape index (κ1) is 24.1. The van der Waals surface area contributed by atoms with Crippen molar-refractivity contribution in [1.82, 2.24) is 19.6 Å². The van der Waals surface area contributed by atoms with E-state index >= 15 is 0 Å². The fraction of sp³-hybridized carbons (Fsp3) is 0.913. The second-order valence-corrected chi connectivity index (χ2v) is 9.65. The highest BCUT2D eigenvalue weighted by Crippen LogP contribution is 2.24. The molecule has 2 heterocycles. The standard InChI is InChI=1S/C23H44N4O2/c1-18(2)26-14-7-10-20(26)16-22(28)24(5)12-9-13-25(6)23(29)17-21-11-8-15-27(21)19(3)4/h18-21H,7-17H2,1-6H3. The molecule has 2 rings (SSSR count). The molecule has 2 amide bonds. The monoisotopic (exact) mass is 408 g/mol. The largest absolute Gasteiger partial charge is 0.346 e. The third-order valence-corrected chi connectivity index (χ3v) is 6.83. The van der Waals surface area contributed by atoms with Gasteiger partial charge in [0.1, 0.15) is 0 Å². The molecule has 0 aromatic heterocycles. The maximum Gasteiger partial charge on any atom is 0.223 e. The fourth-order valence-electron chi connectivity index (χ4n) is 5.02. The highest BCUT2D eigenvalue weighted by molar-refractivity contribution is 5.77. The summed E-state index contributed by atoms with van der Waals surface area (Å²) in [5, 5.41) is 0. The number of rotatable bonds is 10. The summed E-state index contributed by atoms with van der Waals surface area (Å²) in [6.45, 7) is 12.5. The molecule has 2 saturated heterocycles. The number of nitrogens with zero attached hydrogens (tertiary/aromatic N) is 4. The summed E-state index contributed by atoms with van der Waals surface area (Å²) in [4.78, 5) is 33.9. The predicted molar refractivity (Wildman–Crippen MR) is 119 cm³/mol. The smallest absolute Gasteiger partial charge is 0.223 e. The van der Waals surface area contributed by atoms with Crippen molar-refractivity contribution in [1.29, 1.82) is 0 Å². The number of hydrogen-bond acceptors (Lipinski definition) is 4. The molecule has 0 N–H and O–H groups in total. The van der Waals surface area contributed by atoms with E-state index in [2.05, 4.69) is 37.5 Å². The van der Waals surface area contributed by atoms with Gasteiger partial charge in [0.05, 0.1) is 0 Å². The van der Waals surface area contributed by atoms with Crippen LogP contribution in [-0.2, 0) is 9.59 Å². The zero-order chi connectivity index (χ0) is 21.6. The van der Waals surface area contributed by atoms with Crippen LogP contribution in [0.2, 0.25) is 0 Å². The first-order valence-electron chi connectivity index (χ1n) is 11.7. The normalized spacial score (nSPS) is 23.3. The highest BCUT2D eigenvalue weighted by atomic mass is 16.2.